The minimum absolute atomic E-state index is 0.0393. The molecule has 114 valence electrons. The Balaban J connectivity index is 2.46. The molecule has 5 heteroatoms. The first-order valence-corrected chi connectivity index (χ1v) is 7.63. The van der Waals surface area contributed by atoms with Gasteiger partial charge in [0.25, 0.3) is 5.91 Å². The van der Waals surface area contributed by atoms with Crippen molar-refractivity contribution in [2.24, 2.45) is 0 Å². The largest absolute Gasteiger partial charge is 0.349 e. The topological polar surface area (TPSA) is 59.8 Å². The minimum atomic E-state index is -0.0393. The summed E-state index contributed by atoms with van der Waals surface area (Å²) in [5.41, 5.74) is 2.27. The van der Waals surface area contributed by atoms with Crippen LogP contribution in [0.3, 0.4) is 0 Å². The fourth-order valence-corrected chi connectivity index (χ4v) is 2.46. The van der Waals surface area contributed by atoms with Gasteiger partial charge in [-0.2, -0.15) is 5.10 Å². The smallest absolute Gasteiger partial charge is 0.252 e. The molecule has 21 heavy (non-hydrogen) atoms. The summed E-state index contributed by atoms with van der Waals surface area (Å²) < 4.78 is 1.86. The second kappa shape index (κ2) is 6.24. The van der Waals surface area contributed by atoms with Crippen molar-refractivity contribution in [2.75, 3.05) is 0 Å². The van der Waals surface area contributed by atoms with Crippen LogP contribution >= 0.6 is 0 Å². The number of hydrogen-bond donors (Lipinski definition) is 1. The van der Waals surface area contributed by atoms with E-state index in [1.54, 1.807) is 6.20 Å². The Morgan fingerprint density at radius 1 is 1.33 bits per heavy atom. The molecule has 0 radical (unpaired) electrons. The number of aryl methyl sites for hydroxylation is 1. The van der Waals surface area contributed by atoms with Crippen molar-refractivity contribution >= 4 is 16.9 Å². The van der Waals surface area contributed by atoms with Gasteiger partial charge in [-0.1, -0.05) is 13.8 Å². The van der Waals surface area contributed by atoms with Gasteiger partial charge in [0.05, 0.1) is 17.1 Å². The molecule has 2 aromatic heterocycles. The molecule has 2 heterocycles. The van der Waals surface area contributed by atoms with Crippen molar-refractivity contribution in [3.63, 3.8) is 0 Å². The van der Waals surface area contributed by atoms with Gasteiger partial charge >= 0.3 is 0 Å². The highest BCUT2D eigenvalue weighted by molar-refractivity contribution is 6.05. The molecule has 0 aliphatic heterocycles. The molecule has 0 atom stereocenters. The van der Waals surface area contributed by atoms with E-state index in [0.29, 0.717) is 5.56 Å². The molecule has 0 aromatic carbocycles. The van der Waals surface area contributed by atoms with Gasteiger partial charge in [-0.3, -0.25) is 4.79 Å². The average Bonchev–Trinajstić information content (AvgIpc) is 2.87. The third kappa shape index (κ3) is 3.06. The van der Waals surface area contributed by atoms with Crippen molar-refractivity contribution in [2.45, 2.75) is 59.5 Å². The van der Waals surface area contributed by atoms with Crippen LogP contribution in [-0.4, -0.2) is 26.7 Å². The Labute approximate surface area is 125 Å². The number of amides is 1. The van der Waals surface area contributed by atoms with Gasteiger partial charge in [0.1, 0.15) is 0 Å². The van der Waals surface area contributed by atoms with Gasteiger partial charge in [-0.25, -0.2) is 9.67 Å². The van der Waals surface area contributed by atoms with E-state index in [-0.39, 0.29) is 18.0 Å². The van der Waals surface area contributed by atoms with Gasteiger partial charge < -0.3 is 5.32 Å². The Bertz CT molecular complexity index is 641. The first-order valence-electron chi connectivity index (χ1n) is 7.63. The number of aromatic nitrogens is 3. The maximum Gasteiger partial charge on any atom is 0.252 e. The molecule has 0 saturated heterocycles. The molecular formula is C16H24N4O. The highest BCUT2D eigenvalue weighted by atomic mass is 16.1. The van der Waals surface area contributed by atoms with Crippen molar-refractivity contribution in [1.29, 1.82) is 0 Å². The summed E-state index contributed by atoms with van der Waals surface area (Å²) >= 11 is 0. The van der Waals surface area contributed by atoms with E-state index in [2.05, 4.69) is 43.1 Å². The zero-order valence-electron chi connectivity index (χ0n) is 13.5. The van der Waals surface area contributed by atoms with E-state index in [4.69, 9.17) is 0 Å². The summed E-state index contributed by atoms with van der Waals surface area (Å²) in [4.78, 5) is 17.1. The third-order valence-electron chi connectivity index (χ3n) is 3.75. The van der Waals surface area contributed by atoms with Gasteiger partial charge in [0.15, 0.2) is 5.65 Å². The molecule has 0 spiro atoms. The fourth-order valence-electron chi connectivity index (χ4n) is 2.46. The lowest BCUT2D eigenvalue weighted by molar-refractivity contribution is 0.0936. The monoisotopic (exact) mass is 288 g/mol. The van der Waals surface area contributed by atoms with Crippen molar-refractivity contribution in [3.05, 3.63) is 23.5 Å². The summed E-state index contributed by atoms with van der Waals surface area (Å²) in [5, 5.41) is 8.28. The molecular weight excluding hydrogens is 264 g/mol. The summed E-state index contributed by atoms with van der Waals surface area (Å²) in [6, 6.07) is 2.26. The lowest BCUT2D eigenvalue weighted by atomic mass is 10.1. The first kappa shape index (κ1) is 15.5. The maximum atomic E-state index is 12.5. The van der Waals surface area contributed by atoms with E-state index in [1.165, 1.54) is 0 Å². The van der Waals surface area contributed by atoms with E-state index >= 15 is 0 Å². The number of nitrogens with zero attached hydrogens (tertiary/aromatic N) is 3. The van der Waals surface area contributed by atoms with Crippen LogP contribution in [0, 0.1) is 6.92 Å². The summed E-state index contributed by atoms with van der Waals surface area (Å²) in [6.07, 6.45) is 3.60. The molecule has 0 aliphatic carbocycles. The predicted molar refractivity (Wildman–Crippen MR) is 84.5 cm³/mol. The Hall–Kier alpha value is -1.91. The average molecular weight is 288 g/mol. The van der Waals surface area contributed by atoms with Gasteiger partial charge in [-0.05, 0) is 39.7 Å². The molecule has 0 aliphatic rings. The van der Waals surface area contributed by atoms with Crippen LogP contribution in [0.2, 0.25) is 0 Å². The van der Waals surface area contributed by atoms with Crippen LogP contribution in [0.25, 0.3) is 11.0 Å². The van der Waals surface area contributed by atoms with Gasteiger partial charge in [0.2, 0.25) is 0 Å². The highest BCUT2D eigenvalue weighted by Crippen LogP contribution is 2.21. The van der Waals surface area contributed by atoms with Crippen molar-refractivity contribution in [3.8, 4) is 0 Å². The van der Waals surface area contributed by atoms with Crippen LogP contribution in [0.4, 0.5) is 0 Å². The number of carbonyl (C=O) groups excluding carboxylic acids is 1. The highest BCUT2D eigenvalue weighted by Gasteiger charge is 2.18. The number of fused-ring (bicyclic) bond motifs is 1. The third-order valence-corrected chi connectivity index (χ3v) is 3.75. The van der Waals surface area contributed by atoms with Gasteiger partial charge in [-0.15, -0.1) is 0 Å². The number of carbonyl (C=O) groups is 1. The van der Waals surface area contributed by atoms with E-state index in [1.807, 2.05) is 17.7 Å². The van der Waals surface area contributed by atoms with E-state index in [0.717, 1.165) is 29.6 Å². The Morgan fingerprint density at radius 2 is 2.00 bits per heavy atom. The Morgan fingerprint density at radius 3 is 2.57 bits per heavy atom. The van der Waals surface area contributed by atoms with Crippen LogP contribution in [0.1, 0.15) is 62.6 Å². The Kier molecular flexibility index (Phi) is 4.60. The summed E-state index contributed by atoms with van der Waals surface area (Å²) in [6.45, 7) is 10.2. The minimum Gasteiger partial charge on any atom is -0.349 e. The van der Waals surface area contributed by atoms with Crippen molar-refractivity contribution < 1.29 is 4.79 Å². The number of nitrogens with one attached hydrogen (secondary N) is 1. The van der Waals surface area contributed by atoms with Crippen LogP contribution in [-0.2, 0) is 0 Å². The zero-order valence-corrected chi connectivity index (χ0v) is 13.5. The molecule has 1 amide bonds. The molecule has 0 unspecified atom stereocenters. The second-order valence-electron chi connectivity index (χ2n) is 5.72. The fraction of sp³-hybridized carbons (Fsp3) is 0.562. The maximum absolute atomic E-state index is 12.5. The summed E-state index contributed by atoms with van der Waals surface area (Å²) in [5.74, 6) is -0.0393. The molecule has 0 bridgehead atoms. The van der Waals surface area contributed by atoms with Crippen molar-refractivity contribution in [1.82, 2.24) is 20.1 Å². The zero-order chi connectivity index (χ0) is 15.6. The molecule has 2 aromatic rings. The predicted octanol–water partition coefficient (Wildman–Crippen LogP) is 3.24. The van der Waals surface area contributed by atoms with Crippen LogP contribution < -0.4 is 5.32 Å². The SMILES string of the molecule is CCC(CC)NC(=O)c1cc(C)nc2c1cnn2C(C)C. The number of hydrogen-bond acceptors (Lipinski definition) is 3. The van der Waals surface area contributed by atoms with Gasteiger partial charge in [0, 0.05) is 17.8 Å². The van der Waals surface area contributed by atoms with E-state index < -0.39 is 0 Å². The normalized spacial score (nSPS) is 11.6. The molecule has 0 fully saturated rings. The molecule has 2 rings (SSSR count). The lowest BCUT2D eigenvalue weighted by Crippen LogP contribution is -2.34. The quantitative estimate of drug-likeness (QED) is 0.918. The molecule has 5 nitrogen and oxygen atoms in total. The van der Waals surface area contributed by atoms with Crippen LogP contribution in [0.5, 0.6) is 0 Å². The number of pyridine rings is 1. The summed E-state index contributed by atoms with van der Waals surface area (Å²) in [7, 11) is 0. The second-order valence-corrected chi connectivity index (χ2v) is 5.72. The number of rotatable bonds is 5. The lowest BCUT2D eigenvalue weighted by Gasteiger charge is -2.15. The first-order chi connectivity index (χ1) is 9.97. The standard InChI is InChI=1S/C16H24N4O/c1-6-12(7-2)19-16(21)13-8-11(5)18-15-14(13)9-17-20(15)10(3)4/h8-10,12H,6-7H2,1-5H3,(H,19,21). The molecule has 1 N–H and O–H groups in total. The van der Waals surface area contributed by atoms with E-state index in [9.17, 15) is 4.79 Å². The molecule has 0 saturated carbocycles. The van der Waals surface area contributed by atoms with Crippen LogP contribution in [0.15, 0.2) is 12.3 Å².